The van der Waals surface area contributed by atoms with Gasteiger partial charge in [-0.25, -0.2) is 9.97 Å². The molecule has 0 radical (unpaired) electrons. The smallest absolute Gasteiger partial charge is 0.213 e. The van der Waals surface area contributed by atoms with Crippen LogP contribution in [0.25, 0.3) is 0 Å². The van der Waals surface area contributed by atoms with E-state index in [0.717, 1.165) is 76.8 Å². The molecule has 2 aromatic heterocycles. The highest BCUT2D eigenvalue weighted by Gasteiger charge is 2.25. The highest BCUT2D eigenvalue weighted by atomic mass is 16.5. The van der Waals surface area contributed by atoms with Crippen LogP contribution in [0.2, 0.25) is 0 Å². The minimum absolute atomic E-state index is 0.577. The predicted molar refractivity (Wildman–Crippen MR) is 125 cm³/mol. The van der Waals surface area contributed by atoms with Gasteiger partial charge >= 0.3 is 0 Å². The van der Waals surface area contributed by atoms with Gasteiger partial charge in [0.1, 0.15) is 13.2 Å². The van der Waals surface area contributed by atoms with E-state index in [-0.39, 0.29) is 0 Å². The van der Waals surface area contributed by atoms with Crippen LogP contribution < -0.4 is 15.2 Å². The van der Waals surface area contributed by atoms with E-state index in [1.807, 2.05) is 31.2 Å². The summed E-state index contributed by atoms with van der Waals surface area (Å²) in [6.45, 7) is 11.7. The molecule has 2 saturated heterocycles. The summed E-state index contributed by atoms with van der Waals surface area (Å²) in [7, 11) is 0. The Morgan fingerprint density at radius 1 is 0.818 bits per heavy atom. The lowest BCUT2D eigenvalue weighted by atomic mass is 9.87. The van der Waals surface area contributed by atoms with Gasteiger partial charge < -0.3 is 24.7 Å². The fourth-order valence-corrected chi connectivity index (χ4v) is 4.00. The number of ether oxygens (including phenoxy) is 4. The minimum Gasteiger partial charge on any atom is -0.476 e. The SMILES string of the molecule is CC(N)(c1ccnc(OCCN2CCOCC2)c1)c1ccnc(OCCN2CCOCC2)c1. The average molecular weight is 458 g/mol. The van der Waals surface area contributed by atoms with Gasteiger partial charge in [-0.1, -0.05) is 0 Å². The quantitative estimate of drug-likeness (QED) is 0.563. The van der Waals surface area contributed by atoms with Gasteiger partial charge in [-0.2, -0.15) is 0 Å². The molecule has 4 heterocycles. The van der Waals surface area contributed by atoms with Crippen molar-refractivity contribution in [2.45, 2.75) is 12.5 Å². The summed E-state index contributed by atoms with van der Waals surface area (Å²) < 4.78 is 22.6. The molecule has 4 rings (SSSR count). The Morgan fingerprint density at radius 2 is 1.24 bits per heavy atom. The number of aromatic nitrogens is 2. The van der Waals surface area contributed by atoms with Crippen molar-refractivity contribution in [1.29, 1.82) is 0 Å². The van der Waals surface area contributed by atoms with Crippen molar-refractivity contribution >= 4 is 0 Å². The number of nitrogens with two attached hydrogens (primary N) is 1. The summed E-state index contributed by atoms with van der Waals surface area (Å²) >= 11 is 0. The maximum atomic E-state index is 6.78. The second-order valence-corrected chi connectivity index (χ2v) is 8.57. The van der Waals surface area contributed by atoms with Crippen LogP contribution in [0.15, 0.2) is 36.7 Å². The van der Waals surface area contributed by atoms with Gasteiger partial charge in [0, 0.05) is 63.8 Å². The molecule has 180 valence electrons. The van der Waals surface area contributed by atoms with E-state index in [1.165, 1.54) is 0 Å². The molecule has 9 heteroatoms. The molecule has 2 N–H and O–H groups in total. The molecule has 0 saturated carbocycles. The molecular formula is C24H35N5O4. The fraction of sp³-hybridized carbons (Fsp3) is 0.583. The van der Waals surface area contributed by atoms with Gasteiger partial charge in [-0.15, -0.1) is 0 Å². The number of rotatable bonds is 10. The molecule has 0 spiro atoms. The molecule has 0 atom stereocenters. The Hall–Kier alpha value is -2.30. The van der Waals surface area contributed by atoms with Crippen molar-refractivity contribution in [2.24, 2.45) is 5.73 Å². The van der Waals surface area contributed by atoms with E-state index < -0.39 is 5.54 Å². The van der Waals surface area contributed by atoms with Crippen molar-refractivity contribution in [1.82, 2.24) is 19.8 Å². The first-order chi connectivity index (χ1) is 16.1. The largest absolute Gasteiger partial charge is 0.476 e. The average Bonchev–Trinajstić information content (AvgIpc) is 2.86. The molecule has 2 aliphatic heterocycles. The lowest BCUT2D eigenvalue weighted by molar-refractivity contribution is 0.0319. The molecule has 2 aliphatic rings. The fourth-order valence-electron chi connectivity index (χ4n) is 4.00. The minimum atomic E-state index is -0.740. The lowest BCUT2D eigenvalue weighted by Crippen LogP contribution is -2.38. The molecular weight excluding hydrogens is 422 g/mol. The topological polar surface area (TPSA) is 95.2 Å². The van der Waals surface area contributed by atoms with Gasteiger partial charge in [0.05, 0.1) is 32.0 Å². The van der Waals surface area contributed by atoms with Crippen molar-refractivity contribution in [3.8, 4) is 11.8 Å². The molecule has 33 heavy (non-hydrogen) atoms. The maximum Gasteiger partial charge on any atom is 0.213 e. The van der Waals surface area contributed by atoms with Gasteiger partial charge in [-0.3, -0.25) is 9.80 Å². The Bertz CT molecular complexity index is 800. The molecule has 2 fully saturated rings. The summed E-state index contributed by atoms with van der Waals surface area (Å²) in [5.74, 6) is 1.15. The van der Waals surface area contributed by atoms with Crippen LogP contribution in [-0.4, -0.2) is 98.7 Å². The number of morpholine rings is 2. The molecule has 9 nitrogen and oxygen atoms in total. The van der Waals surface area contributed by atoms with Crippen molar-refractivity contribution < 1.29 is 18.9 Å². The zero-order valence-electron chi connectivity index (χ0n) is 19.4. The molecule has 0 bridgehead atoms. The summed E-state index contributed by atoms with van der Waals surface area (Å²) in [5.41, 5.74) is 7.88. The third-order valence-corrected chi connectivity index (χ3v) is 6.19. The Morgan fingerprint density at radius 3 is 1.67 bits per heavy atom. The van der Waals surface area contributed by atoms with Gasteiger partial charge in [-0.05, 0) is 30.2 Å². The molecule has 0 aromatic carbocycles. The van der Waals surface area contributed by atoms with Crippen LogP contribution in [0.3, 0.4) is 0 Å². The van der Waals surface area contributed by atoms with E-state index in [0.29, 0.717) is 25.0 Å². The summed E-state index contributed by atoms with van der Waals surface area (Å²) in [6.07, 6.45) is 3.48. The standard InChI is InChI=1S/C24H35N5O4/c1-24(25,20-2-4-26-22(18-20)32-16-10-28-6-12-30-13-7-28)21-3-5-27-23(19-21)33-17-11-29-8-14-31-15-9-29/h2-5,18-19H,6-17,25H2,1H3. The zero-order chi connectivity index (χ0) is 22.9. The van der Waals surface area contributed by atoms with Crippen LogP contribution in [0, 0.1) is 0 Å². The van der Waals surface area contributed by atoms with Crippen LogP contribution in [0.5, 0.6) is 11.8 Å². The van der Waals surface area contributed by atoms with Gasteiger partial charge in [0.2, 0.25) is 11.8 Å². The van der Waals surface area contributed by atoms with Crippen LogP contribution >= 0.6 is 0 Å². The Balaban J connectivity index is 1.33. The van der Waals surface area contributed by atoms with Gasteiger partial charge in [0.15, 0.2) is 0 Å². The van der Waals surface area contributed by atoms with E-state index >= 15 is 0 Å². The van der Waals surface area contributed by atoms with Gasteiger partial charge in [0.25, 0.3) is 0 Å². The van der Waals surface area contributed by atoms with E-state index in [9.17, 15) is 0 Å². The van der Waals surface area contributed by atoms with Crippen LogP contribution in [-0.2, 0) is 15.0 Å². The molecule has 2 aromatic rings. The zero-order valence-corrected chi connectivity index (χ0v) is 19.4. The number of pyridine rings is 2. The number of hydrogen-bond donors (Lipinski definition) is 1. The third-order valence-electron chi connectivity index (χ3n) is 6.19. The monoisotopic (exact) mass is 457 g/mol. The normalized spacial score (nSPS) is 18.2. The van der Waals surface area contributed by atoms with Crippen molar-refractivity contribution in [3.05, 3.63) is 47.8 Å². The molecule has 0 aliphatic carbocycles. The lowest BCUT2D eigenvalue weighted by Gasteiger charge is -2.27. The summed E-state index contributed by atoms with van der Waals surface area (Å²) in [5, 5.41) is 0. The number of nitrogens with zero attached hydrogens (tertiary/aromatic N) is 4. The first-order valence-corrected chi connectivity index (χ1v) is 11.7. The first-order valence-electron chi connectivity index (χ1n) is 11.7. The van der Waals surface area contributed by atoms with E-state index in [2.05, 4.69) is 19.8 Å². The third kappa shape index (κ3) is 6.84. The Kier molecular flexibility index (Phi) is 8.46. The van der Waals surface area contributed by atoms with E-state index in [1.54, 1.807) is 12.4 Å². The predicted octanol–water partition coefficient (Wildman–Crippen LogP) is 1.12. The first kappa shape index (κ1) is 23.8. The highest BCUT2D eigenvalue weighted by molar-refractivity contribution is 5.39. The molecule has 0 unspecified atom stereocenters. The summed E-state index contributed by atoms with van der Waals surface area (Å²) in [6, 6.07) is 7.68. The van der Waals surface area contributed by atoms with Crippen LogP contribution in [0.4, 0.5) is 0 Å². The second-order valence-electron chi connectivity index (χ2n) is 8.57. The Labute approximate surface area is 195 Å². The summed E-state index contributed by atoms with van der Waals surface area (Å²) in [4.78, 5) is 13.4. The van der Waals surface area contributed by atoms with Crippen molar-refractivity contribution in [2.75, 3.05) is 78.9 Å². The second kappa shape index (κ2) is 11.7. The van der Waals surface area contributed by atoms with E-state index in [4.69, 9.17) is 24.7 Å². The van der Waals surface area contributed by atoms with Crippen molar-refractivity contribution in [3.63, 3.8) is 0 Å². The van der Waals surface area contributed by atoms with Crippen LogP contribution in [0.1, 0.15) is 18.1 Å². The molecule has 0 amide bonds. The number of hydrogen-bond acceptors (Lipinski definition) is 9. The highest BCUT2D eigenvalue weighted by Crippen LogP contribution is 2.29. The maximum absolute atomic E-state index is 6.78.